The van der Waals surface area contributed by atoms with Crippen molar-refractivity contribution in [2.45, 2.75) is 33.3 Å². The van der Waals surface area contributed by atoms with Crippen LogP contribution in [0, 0.1) is 6.92 Å². The number of ether oxygens (including phenoxy) is 1. The summed E-state index contributed by atoms with van der Waals surface area (Å²) in [5.41, 5.74) is 0.286. The van der Waals surface area contributed by atoms with Crippen molar-refractivity contribution in [3.63, 3.8) is 0 Å². The highest BCUT2D eigenvalue weighted by Crippen LogP contribution is 2.19. The SMILES string of the molecule is Cc1cnc(C(=O)O)nc1N1CCN(C(=O)OC(C)(C)C)CC1. The maximum atomic E-state index is 12.0. The Bertz CT molecular complexity index is 604. The van der Waals surface area contributed by atoms with Gasteiger partial charge in [0.2, 0.25) is 5.82 Å². The molecule has 1 N–H and O–H groups in total. The number of amides is 1. The number of piperazine rings is 1. The molecule has 1 saturated heterocycles. The summed E-state index contributed by atoms with van der Waals surface area (Å²) >= 11 is 0. The lowest BCUT2D eigenvalue weighted by Crippen LogP contribution is -2.50. The fraction of sp³-hybridized carbons (Fsp3) is 0.600. The minimum atomic E-state index is -1.15. The summed E-state index contributed by atoms with van der Waals surface area (Å²) in [6.45, 7) is 9.46. The largest absolute Gasteiger partial charge is 0.475 e. The quantitative estimate of drug-likeness (QED) is 0.882. The van der Waals surface area contributed by atoms with Gasteiger partial charge in [-0.05, 0) is 27.7 Å². The molecule has 0 radical (unpaired) electrons. The molecule has 126 valence electrons. The van der Waals surface area contributed by atoms with E-state index in [9.17, 15) is 9.59 Å². The van der Waals surface area contributed by atoms with E-state index in [1.54, 1.807) is 4.90 Å². The number of carboxylic acids is 1. The maximum Gasteiger partial charge on any atom is 0.410 e. The zero-order valence-electron chi connectivity index (χ0n) is 13.9. The Morgan fingerprint density at radius 1 is 1.22 bits per heavy atom. The Morgan fingerprint density at radius 3 is 2.35 bits per heavy atom. The maximum absolute atomic E-state index is 12.0. The smallest absolute Gasteiger partial charge is 0.410 e. The second-order valence-corrected chi connectivity index (χ2v) is 6.46. The van der Waals surface area contributed by atoms with Crippen LogP contribution in [0.4, 0.5) is 10.6 Å². The van der Waals surface area contributed by atoms with Gasteiger partial charge in [0.15, 0.2) is 0 Å². The van der Waals surface area contributed by atoms with Crippen molar-refractivity contribution in [3.8, 4) is 0 Å². The molecule has 0 saturated carbocycles. The van der Waals surface area contributed by atoms with Gasteiger partial charge in [0.05, 0.1) is 0 Å². The van der Waals surface area contributed by atoms with Crippen LogP contribution in [0.15, 0.2) is 6.20 Å². The van der Waals surface area contributed by atoms with Gasteiger partial charge in [-0.15, -0.1) is 0 Å². The molecule has 8 nitrogen and oxygen atoms in total. The normalized spacial score (nSPS) is 15.5. The summed E-state index contributed by atoms with van der Waals surface area (Å²) in [6.07, 6.45) is 1.18. The van der Waals surface area contributed by atoms with Crippen molar-refractivity contribution in [2.24, 2.45) is 0 Å². The molecule has 0 spiro atoms. The summed E-state index contributed by atoms with van der Waals surface area (Å²) in [6, 6.07) is 0. The molecule has 1 fully saturated rings. The number of carbonyl (C=O) groups is 2. The fourth-order valence-corrected chi connectivity index (χ4v) is 2.28. The minimum Gasteiger partial charge on any atom is -0.475 e. The topological polar surface area (TPSA) is 95.9 Å². The third-order valence-electron chi connectivity index (χ3n) is 3.37. The highest BCUT2D eigenvalue weighted by Gasteiger charge is 2.27. The van der Waals surface area contributed by atoms with Crippen LogP contribution in [0.1, 0.15) is 37.0 Å². The molecule has 0 atom stereocenters. The molecule has 2 heterocycles. The third-order valence-corrected chi connectivity index (χ3v) is 3.37. The first-order valence-electron chi connectivity index (χ1n) is 7.47. The van der Waals surface area contributed by atoms with Gasteiger partial charge < -0.3 is 19.6 Å². The van der Waals surface area contributed by atoms with Crippen LogP contribution in [0.3, 0.4) is 0 Å². The van der Waals surface area contributed by atoms with Gasteiger partial charge in [-0.1, -0.05) is 0 Å². The molecule has 1 amide bonds. The van der Waals surface area contributed by atoms with E-state index in [0.29, 0.717) is 32.0 Å². The van der Waals surface area contributed by atoms with Gasteiger partial charge in [0, 0.05) is 37.9 Å². The Hall–Kier alpha value is -2.38. The molecule has 0 bridgehead atoms. The molecule has 0 unspecified atom stereocenters. The average molecular weight is 322 g/mol. The molecule has 8 heteroatoms. The molecule has 0 aromatic carbocycles. The van der Waals surface area contributed by atoms with E-state index in [1.165, 1.54) is 6.20 Å². The fourth-order valence-electron chi connectivity index (χ4n) is 2.28. The predicted octanol–water partition coefficient (Wildman–Crippen LogP) is 1.54. The standard InChI is InChI=1S/C15H22N4O4/c1-10-9-16-11(13(20)21)17-12(10)18-5-7-19(8-6-18)14(22)23-15(2,3)4/h9H,5-8H2,1-4H3,(H,20,21). The average Bonchev–Trinajstić information content (AvgIpc) is 2.46. The summed E-state index contributed by atoms with van der Waals surface area (Å²) < 4.78 is 5.36. The highest BCUT2D eigenvalue weighted by molar-refractivity contribution is 5.83. The Labute approximate surface area is 135 Å². The first-order chi connectivity index (χ1) is 10.7. The van der Waals surface area contributed by atoms with Gasteiger partial charge in [0.25, 0.3) is 0 Å². The summed E-state index contributed by atoms with van der Waals surface area (Å²) in [5, 5.41) is 9.01. The van der Waals surface area contributed by atoms with E-state index in [4.69, 9.17) is 9.84 Å². The molecular formula is C15H22N4O4. The van der Waals surface area contributed by atoms with Gasteiger partial charge in [-0.3, -0.25) is 0 Å². The first-order valence-corrected chi connectivity index (χ1v) is 7.47. The second kappa shape index (κ2) is 6.39. The number of aromatic nitrogens is 2. The molecular weight excluding hydrogens is 300 g/mol. The second-order valence-electron chi connectivity index (χ2n) is 6.46. The lowest BCUT2D eigenvalue weighted by atomic mass is 10.2. The van der Waals surface area contributed by atoms with Crippen LogP contribution in [0.2, 0.25) is 0 Å². The van der Waals surface area contributed by atoms with E-state index in [1.807, 2.05) is 32.6 Å². The molecule has 1 aliphatic heterocycles. The summed E-state index contributed by atoms with van der Waals surface area (Å²) in [7, 11) is 0. The molecule has 2 rings (SSSR count). The summed E-state index contributed by atoms with van der Waals surface area (Å²) in [4.78, 5) is 34.6. The Morgan fingerprint density at radius 2 is 1.83 bits per heavy atom. The Kier molecular flexibility index (Phi) is 4.72. The number of aryl methyl sites for hydroxylation is 1. The minimum absolute atomic E-state index is 0.222. The number of carboxylic acid groups (broad SMARTS) is 1. The Balaban J connectivity index is 2.03. The van der Waals surface area contributed by atoms with Crippen LogP contribution < -0.4 is 4.90 Å². The summed E-state index contributed by atoms with van der Waals surface area (Å²) in [5.74, 6) is -0.778. The van der Waals surface area contributed by atoms with Crippen LogP contribution >= 0.6 is 0 Å². The van der Waals surface area contributed by atoms with Crippen molar-refractivity contribution in [2.75, 3.05) is 31.1 Å². The first kappa shape index (κ1) is 17.0. The van der Waals surface area contributed by atoms with Crippen LogP contribution in [-0.2, 0) is 4.74 Å². The molecule has 1 aliphatic rings. The van der Waals surface area contributed by atoms with Crippen molar-refractivity contribution in [1.82, 2.24) is 14.9 Å². The zero-order chi connectivity index (χ0) is 17.2. The van der Waals surface area contributed by atoms with Crippen molar-refractivity contribution < 1.29 is 19.4 Å². The third kappa shape index (κ3) is 4.30. The highest BCUT2D eigenvalue weighted by atomic mass is 16.6. The van der Waals surface area contributed by atoms with Gasteiger partial charge in [-0.25, -0.2) is 19.6 Å². The van der Waals surface area contributed by atoms with E-state index in [2.05, 4.69) is 9.97 Å². The molecule has 1 aromatic rings. The number of hydrogen-bond acceptors (Lipinski definition) is 6. The van der Waals surface area contributed by atoms with Gasteiger partial charge in [-0.2, -0.15) is 0 Å². The monoisotopic (exact) mass is 322 g/mol. The molecule has 23 heavy (non-hydrogen) atoms. The van der Waals surface area contributed by atoms with Gasteiger partial charge in [0.1, 0.15) is 11.4 Å². The van der Waals surface area contributed by atoms with Crippen LogP contribution in [-0.4, -0.2) is 63.8 Å². The number of aromatic carboxylic acids is 1. The van der Waals surface area contributed by atoms with E-state index < -0.39 is 11.6 Å². The lowest BCUT2D eigenvalue weighted by Gasteiger charge is -2.36. The van der Waals surface area contributed by atoms with E-state index in [0.717, 1.165) is 5.56 Å². The van der Waals surface area contributed by atoms with Crippen LogP contribution in [0.5, 0.6) is 0 Å². The van der Waals surface area contributed by atoms with Gasteiger partial charge >= 0.3 is 12.1 Å². The number of hydrogen-bond donors (Lipinski definition) is 1. The van der Waals surface area contributed by atoms with E-state index >= 15 is 0 Å². The number of rotatable bonds is 2. The number of anilines is 1. The van der Waals surface area contributed by atoms with E-state index in [-0.39, 0.29) is 11.9 Å². The lowest BCUT2D eigenvalue weighted by molar-refractivity contribution is 0.0240. The van der Waals surface area contributed by atoms with Crippen LogP contribution in [0.25, 0.3) is 0 Å². The zero-order valence-corrected chi connectivity index (χ0v) is 13.9. The van der Waals surface area contributed by atoms with Crippen molar-refractivity contribution in [1.29, 1.82) is 0 Å². The number of carbonyl (C=O) groups excluding carboxylic acids is 1. The molecule has 0 aliphatic carbocycles. The number of nitrogens with zero attached hydrogens (tertiary/aromatic N) is 4. The van der Waals surface area contributed by atoms with Crippen molar-refractivity contribution in [3.05, 3.63) is 17.6 Å². The van der Waals surface area contributed by atoms with Crippen molar-refractivity contribution >= 4 is 17.9 Å². The predicted molar refractivity (Wildman–Crippen MR) is 83.7 cm³/mol. The molecule has 1 aromatic heterocycles.